The van der Waals surface area contributed by atoms with E-state index in [1.54, 1.807) is 19.3 Å². The van der Waals surface area contributed by atoms with Crippen LogP contribution in [0.15, 0.2) is 30.5 Å². The zero-order valence-corrected chi connectivity index (χ0v) is 12.5. The molecular formula is C13H11Cl2N3O3. The van der Waals surface area contributed by atoms with Gasteiger partial charge in [0.2, 0.25) is 0 Å². The third kappa shape index (κ3) is 3.74. The minimum Gasteiger partial charge on any atom is -0.482 e. The van der Waals surface area contributed by atoms with Crippen LogP contribution in [-0.4, -0.2) is 17.0 Å². The van der Waals surface area contributed by atoms with Gasteiger partial charge in [-0.3, -0.25) is 10.1 Å². The lowest BCUT2D eigenvalue weighted by Gasteiger charge is -2.08. The average molecular weight is 328 g/mol. The van der Waals surface area contributed by atoms with Gasteiger partial charge in [-0.1, -0.05) is 29.3 Å². The summed E-state index contributed by atoms with van der Waals surface area (Å²) in [5, 5.41) is 14.2. The number of anilines is 1. The van der Waals surface area contributed by atoms with Gasteiger partial charge < -0.3 is 10.1 Å². The summed E-state index contributed by atoms with van der Waals surface area (Å²) in [6.45, 7) is 0.135. The second kappa shape index (κ2) is 6.60. The van der Waals surface area contributed by atoms with Gasteiger partial charge in [-0.15, -0.1) is 0 Å². The van der Waals surface area contributed by atoms with E-state index in [0.717, 1.165) is 11.4 Å². The molecule has 0 aliphatic rings. The van der Waals surface area contributed by atoms with Crippen molar-refractivity contribution in [2.75, 3.05) is 12.4 Å². The van der Waals surface area contributed by atoms with Crippen molar-refractivity contribution in [3.8, 4) is 5.75 Å². The molecule has 6 nitrogen and oxygen atoms in total. The highest BCUT2D eigenvalue weighted by Gasteiger charge is 2.18. The van der Waals surface area contributed by atoms with Crippen LogP contribution < -0.4 is 10.1 Å². The van der Waals surface area contributed by atoms with Crippen LogP contribution in [0.1, 0.15) is 5.56 Å². The molecule has 1 N–H and O–H groups in total. The molecule has 0 fully saturated rings. The van der Waals surface area contributed by atoms with Crippen LogP contribution in [0.2, 0.25) is 10.0 Å². The van der Waals surface area contributed by atoms with Crippen LogP contribution in [0.25, 0.3) is 0 Å². The maximum atomic E-state index is 11.0. The quantitative estimate of drug-likeness (QED) is 0.665. The van der Waals surface area contributed by atoms with Crippen LogP contribution in [0.3, 0.4) is 0 Å². The lowest BCUT2D eigenvalue weighted by atomic mass is 10.2. The average Bonchev–Trinajstić information content (AvgIpc) is 2.48. The predicted molar refractivity (Wildman–Crippen MR) is 81.2 cm³/mol. The standard InChI is InChI=1S/C13H11Cl2N3O3/c1-16-13-3-2-8(6-17-13)7-21-12-5-10(15)9(14)4-11(12)18(19)20/h2-6H,7H2,1H3,(H,16,17). The Labute approximate surface area is 130 Å². The summed E-state index contributed by atoms with van der Waals surface area (Å²) < 4.78 is 5.45. The molecule has 0 saturated heterocycles. The Morgan fingerprint density at radius 3 is 2.62 bits per heavy atom. The molecule has 2 aromatic rings. The van der Waals surface area contributed by atoms with Crippen molar-refractivity contribution in [1.82, 2.24) is 4.98 Å². The van der Waals surface area contributed by atoms with Crippen molar-refractivity contribution in [2.45, 2.75) is 6.61 Å². The first-order valence-electron chi connectivity index (χ1n) is 5.90. The van der Waals surface area contributed by atoms with E-state index in [4.69, 9.17) is 27.9 Å². The van der Waals surface area contributed by atoms with E-state index >= 15 is 0 Å². The highest BCUT2D eigenvalue weighted by molar-refractivity contribution is 6.42. The van der Waals surface area contributed by atoms with Gasteiger partial charge in [-0.05, 0) is 6.07 Å². The van der Waals surface area contributed by atoms with Gasteiger partial charge >= 0.3 is 5.69 Å². The molecule has 0 unspecified atom stereocenters. The largest absolute Gasteiger partial charge is 0.482 e. The lowest BCUT2D eigenvalue weighted by Crippen LogP contribution is -2.00. The van der Waals surface area contributed by atoms with Gasteiger partial charge in [0.05, 0.1) is 15.0 Å². The molecule has 110 valence electrons. The molecule has 0 aliphatic carbocycles. The summed E-state index contributed by atoms with van der Waals surface area (Å²) in [6.07, 6.45) is 1.62. The lowest BCUT2D eigenvalue weighted by molar-refractivity contribution is -0.385. The summed E-state index contributed by atoms with van der Waals surface area (Å²) in [6, 6.07) is 6.09. The minimum absolute atomic E-state index is 0.0621. The van der Waals surface area contributed by atoms with Gasteiger partial charge in [-0.25, -0.2) is 4.98 Å². The third-order valence-corrected chi connectivity index (χ3v) is 3.40. The van der Waals surface area contributed by atoms with Crippen LogP contribution in [0, 0.1) is 10.1 Å². The molecule has 8 heteroatoms. The highest BCUT2D eigenvalue weighted by atomic mass is 35.5. The molecule has 21 heavy (non-hydrogen) atoms. The number of nitro benzene ring substituents is 1. The topological polar surface area (TPSA) is 77.3 Å². The summed E-state index contributed by atoms with van der Waals surface area (Å²) >= 11 is 11.6. The minimum atomic E-state index is -0.570. The number of hydrogen-bond acceptors (Lipinski definition) is 5. The van der Waals surface area contributed by atoms with Gasteiger partial charge in [0, 0.05) is 30.9 Å². The predicted octanol–water partition coefficient (Wildman–Crippen LogP) is 3.92. The van der Waals surface area contributed by atoms with E-state index in [-0.39, 0.29) is 28.1 Å². The smallest absolute Gasteiger partial charge is 0.312 e. The number of nitrogens with one attached hydrogen (secondary N) is 1. The Morgan fingerprint density at radius 2 is 2.05 bits per heavy atom. The third-order valence-electron chi connectivity index (χ3n) is 2.67. The highest BCUT2D eigenvalue weighted by Crippen LogP contribution is 2.36. The van der Waals surface area contributed by atoms with Crippen molar-refractivity contribution in [2.24, 2.45) is 0 Å². The Bertz CT molecular complexity index is 662. The zero-order valence-electron chi connectivity index (χ0n) is 11.0. The molecular weight excluding hydrogens is 317 g/mol. The number of ether oxygens (including phenoxy) is 1. The number of nitro groups is 1. The van der Waals surface area contributed by atoms with E-state index in [0.29, 0.717) is 0 Å². The first-order valence-corrected chi connectivity index (χ1v) is 6.65. The first kappa shape index (κ1) is 15.3. The molecule has 0 atom stereocenters. The van der Waals surface area contributed by atoms with Gasteiger partial charge in [0.1, 0.15) is 12.4 Å². The van der Waals surface area contributed by atoms with Gasteiger partial charge in [-0.2, -0.15) is 0 Å². The fourth-order valence-electron chi connectivity index (χ4n) is 1.60. The molecule has 1 aromatic carbocycles. The number of hydrogen-bond donors (Lipinski definition) is 1. The van der Waals surface area contributed by atoms with E-state index in [1.165, 1.54) is 12.1 Å². The van der Waals surface area contributed by atoms with Crippen molar-refractivity contribution >= 4 is 34.7 Å². The number of rotatable bonds is 5. The molecule has 2 rings (SSSR count). The van der Waals surface area contributed by atoms with Crippen molar-refractivity contribution < 1.29 is 9.66 Å². The second-order valence-electron chi connectivity index (χ2n) is 4.08. The summed E-state index contributed by atoms with van der Waals surface area (Å²) in [5.41, 5.74) is 0.540. The number of aromatic nitrogens is 1. The van der Waals surface area contributed by atoms with Gasteiger partial charge in [0.15, 0.2) is 5.75 Å². The van der Waals surface area contributed by atoms with E-state index in [2.05, 4.69) is 10.3 Å². The van der Waals surface area contributed by atoms with E-state index < -0.39 is 4.92 Å². The van der Waals surface area contributed by atoms with Crippen LogP contribution >= 0.6 is 23.2 Å². The molecule has 0 radical (unpaired) electrons. The second-order valence-corrected chi connectivity index (χ2v) is 4.90. The maximum Gasteiger partial charge on any atom is 0.312 e. The maximum absolute atomic E-state index is 11.0. The Hall–Kier alpha value is -2.05. The van der Waals surface area contributed by atoms with Crippen molar-refractivity contribution in [3.05, 3.63) is 56.2 Å². The Kier molecular flexibility index (Phi) is 4.82. The monoisotopic (exact) mass is 327 g/mol. The number of pyridine rings is 1. The molecule has 1 heterocycles. The molecule has 0 saturated carbocycles. The SMILES string of the molecule is CNc1ccc(COc2cc(Cl)c(Cl)cc2[N+](=O)[O-])cn1. The first-order chi connectivity index (χ1) is 10.0. The fourth-order valence-corrected chi connectivity index (χ4v) is 1.91. The van der Waals surface area contributed by atoms with Crippen LogP contribution in [0.4, 0.5) is 11.5 Å². The van der Waals surface area contributed by atoms with Crippen molar-refractivity contribution in [1.29, 1.82) is 0 Å². The summed E-state index contributed by atoms with van der Waals surface area (Å²) in [4.78, 5) is 14.5. The molecule has 0 spiro atoms. The van der Waals surface area contributed by atoms with Crippen LogP contribution in [-0.2, 0) is 6.61 Å². The molecule has 0 aliphatic heterocycles. The van der Waals surface area contributed by atoms with E-state index in [1.807, 2.05) is 6.07 Å². The Balaban J connectivity index is 2.18. The number of halogens is 2. The fraction of sp³-hybridized carbons (Fsp3) is 0.154. The van der Waals surface area contributed by atoms with Crippen LogP contribution in [0.5, 0.6) is 5.75 Å². The normalized spacial score (nSPS) is 10.2. The van der Waals surface area contributed by atoms with Gasteiger partial charge in [0.25, 0.3) is 0 Å². The molecule has 0 bridgehead atoms. The summed E-state index contributed by atoms with van der Waals surface area (Å²) in [5.74, 6) is 0.784. The molecule has 1 aromatic heterocycles. The molecule has 0 amide bonds. The van der Waals surface area contributed by atoms with Crippen molar-refractivity contribution in [3.63, 3.8) is 0 Å². The Morgan fingerprint density at radius 1 is 1.33 bits per heavy atom. The van der Waals surface area contributed by atoms with E-state index in [9.17, 15) is 10.1 Å². The summed E-state index contributed by atoms with van der Waals surface area (Å²) in [7, 11) is 1.76. The number of benzene rings is 1. The number of nitrogens with zero attached hydrogens (tertiary/aromatic N) is 2. The zero-order chi connectivity index (χ0) is 15.4.